The molecular formula is C19H32N2. The second-order valence-corrected chi connectivity index (χ2v) is 7.60. The van der Waals surface area contributed by atoms with E-state index in [0.717, 1.165) is 19.5 Å². The number of hydrogen-bond acceptors (Lipinski definition) is 2. The van der Waals surface area contributed by atoms with Gasteiger partial charge in [-0.25, -0.2) is 0 Å². The van der Waals surface area contributed by atoms with Gasteiger partial charge in [-0.1, -0.05) is 58.0 Å². The molecule has 3 unspecified atom stereocenters. The van der Waals surface area contributed by atoms with Crippen molar-refractivity contribution >= 4 is 0 Å². The minimum atomic E-state index is 0.335. The molecule has 2 rings (SSSR count). The molecule has 1 fully saturated rings. The average Bonchev–Trinajstić information content (AvgIpc) is 2.46. The molecule has 0 radical (unpaired) electrons. The van der Waals surface area contributed by atoms with Crippen LogP contribution in [-0.2, 0) is 6.42 Å². The first-order chi connectivity index (χ1) is 9.91. The summed E-state index contributed by atoms with van der Waals surface area (Å²) >= 11 is 0. The highest BCUT2D eigenvalue weighted by Crippen LogP contribution is 2.28. The summed E-state index contributed by atoms with van der Waals surface area (Å²) in [6, 6.07) is 12.7. The van der Waals surface area contributed by atoms with Gasteiger partial charge in [0, 0.05) is 31.2 Å². The van der Waals surface area contributed by atoms with Crippen LogP contribution in [0, 0.1) is 5.41 Å². The summed E-state index contributed by atoms with van der Waals surface area (Å²) in [4.78, 5) is 2.74. The number of hydrogen-bond donors (Lipinski definition) is 1. The Balaban J connectivity index is 2.04. The van der Waals surface area contributed by atoms with Gasteiger partial charge in [-0.05, 0) is 30.7 Å². The minimum absolute atomic E-state index is 0.335. The van der Waals surface area contributed by atoms with E-state index in [2.05, 4.69) is 75.2 Å². The van der Waals surface area contributed by atoms with Crippen LogP contribution in [0.5, 0.6) is 0 Å². The predicted octanol–water partition coefficient (Wildman–Crippen LogP) is 3.72. The zero-order chi connectivity index (χ0) is 15.5. The topological polar surface area (TPSA) is 15.3 Å². The Morgan fingerprint density at radius 2 is 1.90 bits per heavy atom. The quantitative estimate of drug-likeness (QED) is 0.908. The summed E-state index contributed by atoms with van der Waals surface area (Å²) in [7, 11) is 0. The van der Waals surface area contributed by atoms with Crippen LogP contribution in [0.1, 0.15) is 46.6 Å². The van der Waals surface area contributed by atoms with Crippen molar-refractivity contribution in [1.29, 1.82) is 0 Å². The van der Waals surface area contributed by atoms with E-state index >= 15 is 0 Å². The van der Waals surface area contributed by atoms with Crippen LogP contribution in [0.4, 0.5) is 0 Å². The van der Waals surface area contributed by atoms with Gasteiger partial charge in [-0.3, -0.25) is 4.90 Å². The number of rotatable bonds is 4. The van der Waals surface area contributed by atoms with Crippen molar-refractivity contribution in [2.24, 2.45) is 5.41 Å². The van der Waals surface area contributed by atoms with Gasteiger partial charge in [0.1, 0.15) is 0 Å². The lowest BCUT2D eigenvalue weighted by Crippen LogP contribution is -2.61. The highest BCUT2D eigenvalue weighted by Gasteiger charge is 2.34. The summed E-state index contributed by atoms with van der Waals surface area (Å²) < 4.78 is 0. The van der Waals surface area contributed by atoms with Crippen molar-refractivity contribution < 1.29 is 0 Å². The zero-order valence-corrected chi connectivity index (χ0v) is 14.4. The summed E-state index contributed by atoms with van der Waals surface area (Å²) in [6.07, 6.45) is 2.36. The molecule has 1 aliphatic heterocycles. The molecule has 2 nitrogen and oxygen atoms in total. The van der Waals surface area contributed by atoms with E-state index in [1.54, 1.807) is 0 Å². The summed E-state index contributed by atoms with van der Waals surface area (Å²) in [5.74, 6) is 0. The van der Waals surface area contributed by atoms with E-state index in [0.29, 0.717) is 23.5 Å². The number of nitrogens with one attached hydrogen (secondary N) is 1. The first-order valence-corrected chi connectivity index (χ1v) is 8.45. The van der Waals surface area contributed by atoms with Gasteiger partial charge in [0.15, 0.2) is 0 Å². The van der Waals surface area contributed by atoms with Crippen molar-refractivity contribution in [2.75, 3.05) is 13.1 Å². The standard InChI is InChI=1S/C19H32N2/c1-6-18-13-20-17(12-16-10-8-7-9-11-16)14-21(18)15(2)19(3,4)5/h7-11,15,17-18,20H,6,12-14H2,1-5H3. The molecule has 1 aliphatic rings. The molecule has 1 heterocycles. The predicted molar refractivity (Wildman–Crippen MR) is 91.6 cm³/mol. The van der Waals surface area contributed by atoms with Crippen molar-refractivity contribution in [3.8, 4) is 0 Å². The van der Waals surface area contributed by atoms with Gasteiger partial charge in [0.25, 0.3) is 0 Å². The van der Waals surface area contributed by atoms with Crippen molar-refractivity contribution in [2.45, 2.75) is 65.6 Å². The fourth-order valence-corrected chi connectivity index (χ4v) is 3.27. The van der Waals surface area contributed by atoms with Gasteiger partial charge >= 0.3 is 0 Å². The molecule has 0 spiro atoms. The Kier molecular flexibility index (Phi) is 5.45. The molecule has 0 amide bonds. The Morgan fingerprint density at radius 3 is 2.48 bits per heavy atom. The van der Waals surface area contributed by atoms with Crippen LogP contribution in [-0.4, -0.2) is 36.1 Å². The third kappa shape index (κ3) is 4.31. The fraction of sp³-hybridized carbons (Fsp3) is 0.684. The van der Waals surface area contributed by atoms with Crippen LogP contribution in [0.3, 0.4) is 0 Å². The molecule has 0 saturated carbocycles. The van der Waals surface area contributed by atoms with Gasteiger partial charge in [0.2, 0.25) is 0 Å². The maximum atomic E-state index is 3.76. The Morgan fingerprint density at radius 1 is 1.24 bits per heavy atom. The highest BCUT2D eigenvalue weighted by atomic mass is 15.3. The lowest BCUT2D eigenvalue weighted by molar-refractivity contribution is 0.0339. The van der Waals surface area contributed by atoms with E-state index < -0.39 is 0 Å². The van der Waals surface area contributed by atoms with E-state index in [9.17, 15) is 0 Å². The Hall–Kier alpha value is -0.860. The second kappa shape index (κ2) is 6.93. The molecule has 1 saturated heterocycles. The normalized spacial score (nSPS) is 25.8. The van der Waals surface area contributed by atoms with Gasteiger partial charge < -0.3 is 5.32 Å². The van der Waals surface area contributed by atoms with E-state index in [1.807, 2.05) is 0 Å². The lowest BCUT2D eigenvalue weighted by atomic mass is 9.84. The monoisotopic (exact) mass is 288 g/mol. The summed E-state index contributed by atoms with van der Waals surface area (Å²) in [6.45, 7) is 14.1. The van der Waals surface area contributed by atoms with E-state index in [-0.39, 0.29) is 0 Å². The largest absolute Gasteiger partial charge is 0.311 e. The van der Waals surface area contributed by atoms with E-state index in [1.165, 1.54) is 12.0 Å². The van der Waals surface area contributed by atoms with Crippen molar-refractivity contribution in [1.82, 2.24) is 10.2 Å². The van der Waals surface area contributed by atoms with Crippen LogP contribution < -0.4 is 5.32 Å². The molecule has 0 bridgehead atoms. The maximum absolute atomic E-state index is 3.76. The fourth-order valence-electron chi connectivity index (χ4n) is 3.27. The Bertz CT molecular complexity index is 421. The number of nitrogens with zero attached hydrogens (tertiary/aromatic N) is 1. The summed E-state index contributed by atoms with van der Waals surface area (Å²) in [5.41, 5.74) is 1.77. The third-order valence-electron chi connectivity index (χ3n) is 5.09. The van der Waals surface area contributed by atoms with Crippen LogP contribution in [0.25, 0.3) is 0 Å². The smallest absolute Gasteiger partial charge is 0.0236 e. The van der Waals surface area contributed by atoms with Gasteiger partial charge in [-0.15, -0.1) is 0 Å². The molecule has 1 N–H and O–H groups in total. The third-order valence-corrected chi connectivity index (χ3v) is 5.09. The molecule has 3 atom stereocenters. The zero-order valence-electron chi connectivity index (χ0n) is 14.4. The van der Waals surface area contributed by atoms with Crippen LogP contribution in [0.2, 0.25) is 0 Å². The summed E-state index contributed by atoms with van der Waals surface area (Å²) in [5, 5.41) is 3.76. The first kappa shape index (κ1) is 16.5. The van der Waals surface area contributed by atoms with Crippen LogP contribution in [0.15, 0.2) is 30.3 Å². The van der Waals surface area contributed by atoms with Gasteiger partial charge in [-0.2, -0.15) is 0 Å². The van der Waals surface area contributed by atoms with Gasteiger partial charge in [0.05, 0.1) is 0 Å². The molecular weight excluding hydrogens is 256 g/mol. The first-order valence-electron chi connectivity index (χ1n) is 8.45. The van der Waals surface area contributed by atoms with Crippen molar-refractivity contribution in [3.05, 3.63) is 35.9 Å². The number of piperazine rings is 1. The average molecular weight is 288 g/mol. The molecule has 0 aromatic heterocycles. The highest BCUT2D eigenvalue weighted by molar-refractivity contribution is 5.16. The molecule has 1 aromatic rings. The Labute approximate surface area is 130 Å². The van der Waals surface area contributed by atoms with Crippen LogP contribution >= 0.6 is 0 Å². The molecule has 118 valence electrons. The maximum Gasteiger partial charge on any atom is 0.0236 e. The molecule has 0 aliphatic carbocycles. The molecule has 21 heavy (non-hydrogen) atoms. The minimum Gasteiger partial charge on any atom is -0.311 e. The SMILES string of the molecule is CCC1CNC(Cc2ccccc2)CN1C(C)C(C)(C)C. The number of benzene rings is 1. The lowest BCUT2D eigenvalue weighted by Gasteiger charge is -2.47. The van der Waals surface area contributed by atoms with E-state index in [4.69, 9.17) is 0 Å². The molecule has 1 aromatic carbocycles. The second-order valence-electron chi connectivity index (χ2n) is 7.60. The molecule has 2 heteroatoms. The van der Waals surface area contributed by atoms with Crippen molar-refractivity contribution in [3.63, 3.8) is 0 Å².